The maximum Gasteiger partial charge on any atom is 0.261 e. The van der Waals surface area contributed by atoms with Crippen molar-refractivity contribution in [2.24, 2.45) is 0 Å². The quantitative estimate of drug-likeness (QED) is 0.521. The first-order valence-electron chi connectivity index (χ1n) is 7.20. The van der Waals surface area contributed by atoms with Crippen LogP contribution in [0.25, 0.3) is 10.8 Å². The van der Waals surface area contributed by atoms with E-state index >= 15 is 0 Å². The van der Waals surface area contributed by atoms with Crippen LogP contribution in [0.4, 0.5) is 8.78 Å². The van der Waals surface area contributed by atoms with E-state index in [9.17, 15) is 8.78 Å². The van der Waals surface area contributed by atoms with Crippen molar-refractivity contribution in [3.05, 3.63) is 47.0 Å². The fraction of sp³-hybridized carbons (Fsp3) is 0.412. The molecule has 1 unspecified atom stereocenters. The van der Waals surface area contributed by atoms with E-state index in [1.807, 2.05) is 0 Å². The predicted octanol–water partition coefficient (Wildman–Crippen LogP) is 5.05. The lowest BCUT2D eigenvalue weighted by Crippen LogP contribution is -2.07. The number of ether oxygens (including phenoxy) is 1. The van der Waals surface area contributed by atoms with E-state index in [0.29, 0.717) is 13.0 Å². The van der Waals surface area contributed by atoms with E-state index < -0.39 is 13.0 Å². The average molecular weight is 355 g/mol. The van der Waals surface area contributed by atoms with Gasteiger partial charge in [-0.15, -0.1) is 0 Å². The third-order valence-corrected chi connectivity index (χ3v) is 4.96. The molecular weight excluding hydrogens is 338 g/mol. The predicted molar refractivity (Wildman–Crippen MR) is 84.5 cm³/mol. The van der Waals surface area contributed by atoms with Gasteiger partial charge < -0.3 is 4.74 Å². The summed E-state index contributed by atoms with van der Waals surface area (Å²) < 4.78 is 29.1. The molecule has 1 aliphatic carbocycles. The van der Waals surface area contributed by atoms with Gasteiger partial charge in [0.05, 0.1) is 0 Å². The van der Waals surface area contributed by atoms with E-state index in [4.69, 9.17) is 4.74 Å². The van der Waals surface area contributed by atoms with Crippen LogP contribution in [-0.2, 0) is 17.6 Å². The van der Waals surface area contributed by atoms with Gasteiger partial charge in [-0.3, -0.25) is 0 Å². The van der Waals surface area contributed by atoms with Gasteiger partial charge in [0.15, 0.2) is 0 Å². The molecule has 0 aromatic heterocycles. The molecule has 0 amide bonds. The van der Waals surface area contributed by atoms with Gasteiger partial charge >= 0.3 is 0 Å². The highest BCUT2D eigenvalue weighted by atomic mass is 79.9. The zero-order valence-electron chi connectivity index (χ0n) is 11.6. The summed E-state index contributed by atoms with van der Waals surface area (Å²) in [4.78, 5) is 0.125. The van der Waals surface area contributed by atoms with Gasteiger partial charge in [0.25, 0.3) is 6.43 Å². The van der Waals surface area contributed by atoms with Crippen LogP contribution < -0.4 is 0 Å². The summed E-state index contributed by atoms with van der Waals surface area (Å²) in [6.07, 6.45) is 0.516. The van der Waals surface area contributed by atoms with Crippen molar-refractivity contribution in [2.75, 3.05) is 13.2 Å². The van der Waals surface area contributed by atoms with Gasteiger partial charge in [0.1, 0.15) is 6.61 Å². The molecule has 21 heavy (non-hydrogen) atoms. The summed E-state index contributed by atoms with van der Waals surface area (Å²) in [7, 11) is 0. The maximum absolute atomic E-state index is 12.0. The number of halogens is 3. The average Bonchev–Trinajstić information content (AvgIpc) is 2.89. The SMILES string of the molecule is FC(F)COCCC(Br)c1ccc2c3c(cccc13)CC2. The molecule has 0 spiro atoms. The van der Waals surface area contributed by atoms with Crippen molar-refractivity contribution in [1.29, 1.82) is 0 Å². The van der Waals surface area contributed by atoms with Crippen molar-refractivity contribution in [2.45, 2.75) is 30.5 Å². The second-order valence-corrected chi connectivity index (χ2v) is 6.48. The lowest BCUT2D eigenvalue weighted by atomic mass is 9.97. The fourth-order valence-corrected chi connectivity index (χ4v) is 3.64. The Morgan fingerprint density at radius 3 is 2.62 bits per heavy atom. The van der Waals surface area contributed by atoms with Crippen molar-refractivity contribution in [3.63, 3.8) is 0 Å². The van der Waals surface area contributed by atoms with Gasteiger partial charge in [-0.1, -0.05) is 46.3 Å². The second kappa shape index (κ2) is 6.41. The van der Waals surface area contributed by atoms with Gasteiger partial charge in [0, 0.05) is 11.4 Å². The van der Waals surface area contributed by atoms with Gasteiger partial charge in [-0.25, -0.2) is 8.78 Å². The molecule has 0 saturated heterocycles. The molecule has 0 aliphatic heterocycles. The van der Waals surface area contributed by atoms with Crippen LogP contribution in [0.5, 0.6) is 0 Å². The Balaban J connectivity index is 1.78. The Hall–Kier alpha value is -1.00. The Morgan fingerprint density at radius 1 is 1.10 bits per heavy atom. The summed E-state index contributed by atoms with van der Waals surface area (Å²) in [6.45, 7) is -0.146. The first-order valence-corrected chi connectivity index (χ1v) is 8.11. The molecular formula is C17H17BrF2O. The summed E-state index contributed by atoms with van der Waals surface area (Å²) in [5, 5.41) is 2.66. The van der Waals surface area contributed by atoms with Crippen LogP contribution in [0.1, 0.15) is 27.9 Å². The highest BCUT2D eigenvalue weighted by Crippen LogP contribution is 2.38. The smallest absolute Gasteiger partial charge is 0.261 e. The summed E-state index contributed by atoms with van der Waals surface area (Å²) >= 11 is 3.68. The third kappa shape index (κ3) is 3.11. The Labute approximate surface area is 131 Å². The topological polar surface area (TPSA) is 9.23 Å². The first kappa shape index (κ1) is 14.9. The molecule has 0 heterocycles. The Bertz CT molecular complexity index is 632. The lowest BCUT2D eigenvalue weighted by Gasteiger charge is -2.14. The normalized spacial score (nSPS) is 15.0. The van der Waals surface area contributed by atoms with Gasteiger partial charge in [-0.2, -0.15) is 0 Å². The number of hydrogen-bond donors (Lipinski definition) is 0. The van der Waals surface area contributed by atoms with Crippen molar-refractivity contribution in [3.8, 4) is 0 Å². The third-order valence-electron chi connectivity index (χ3n) is 4.01. The van der Waals surface area contributed by atoms with E-state index in [-0.39, 0.29) is 4.83 Å². The summed E-state index contributed by atoms with van der Waals surface area (Å²) in [5.74, 6) is 0. The van der Waals surface area contributed by atoms with Crippen LogP contribution in [0.2, 0.25) is 0 Å². The molecule has 0 bridgehead atoms. The Kier molecular flexibility index (Phi) is 4.55. The van der Waals surface area contributed by atoms with Gasteiger partial charge in [0.2, 0.25) is 0 Å². The molecule has 2 aromatic rings. The zero-order chi connectivity index (χ0) is 14.8. The molecule has 1 aliphatic rings. The highest BCUT2D eigenvalue weighted by molar-refractivity contribution is 9.09. The number of benzene rings is 2. The number of rotatable bonds is 6. The van der Waals surface area contributed by atoms with Crippen LogP contribution in [0.15, 0.2) is 30.3 Å². The van der Waals surface area contributed by atoms with Crippen LogP contribution >= 0.6 is 15.9 Å². The number of hydrogen-bond acceptors (Lipinski definition) is 1. The molecule has 0 N–H and O–H groups in total. The minimum absolute atomic E-state index is 0.125. The molecule has 0 saturated carbocycles. The van der Waals surface area contributed by atoms with Crippen LogP contribution in [0.3, 0.4) is 0 Å². The standard InChI is InChI=1S/C17H17BrF2O/c18-15(8-9-21-10-16(19)20)13-7-6-12-5-4-11-2-1-3-14(13)17(11)12/h1-3,6-7,15-16H,4-5,8-10H2. The number of alkyl halides is 3. The molecule has 2 aromatic carbocycles. The van der Waals surface area contributed by atoms with E-state index in [1.54, 1.807) is 0 Å². The molecule has 3 rings (SSSR count). The summed E-state index contributed by atoms with van der Waals surface area (Å²) in [5.41, 5.74) is 4.05. The lowest BCUT2D eigenvalue weighted by molar-refractivity contribution is 0.0167. The van der Waals surface area contributed by atoms with Crippen LogP contribution in [-0.4, -0.2) is 19.6 Å². The van der Waals surface area contributed by atoms with E-state index in [2.05, 4.69) is 46.3 Å². The van der Waals surface area contributed by atoms with Gasteiger partial charge in [-0.05, 0) is 46.7 Å². The molecule has 4 heteroatoms. The number of aryl methyl sites for hydroxylation is 2. The maximum atomic E-state index is 12.0. The van der Waals surface area contributed by atoms with E-state index in [1.165, 1.54) is 27.5 Å². The fourth-order valence-electron chi connectivity index (χ4n) is 3.06. The molecule has 0 radical (unpaired) electrons. The van der Waals surface area contributed by atoms with Crippen molar-refractivity contribution >= 4 is 26.7 Å². The van der Waals surface area contributed by atoms with E-state index in [0.717, 1.165) is 12.8 Å². The monoisotopic (exact) mass is 354 g/mol. The van der Waals surface area contributed by atoms with Crippen molar-refractivity contribution in [1.82, 2.24) is 0 Å². The van der Waals surface area contributed by atoms with Crippen LogP contribution in [0, 0.1) is 0 Å². The molecule has 112 valence electrons. The second-order valence-electron chi connectivity index (χ2n) is 5.38. The molecule has 1 nitrogen and oxygen atoms in total. The first-order chi connectivity index (χ1) is 10.2. The zero-order valence-corrected chi connectivity index (χ0v) is 13.2. The highest BCUT2D eigenvalue weighted by Gasteiger charge is 2.18. The largest absolute Gasteiger partial charge is 0.375 e. The Morgan fingerprint density at radius 2 is 1.86 bits per heavy atom. The summed E-state index contributed by atoms with van der Waals surface area (Å²) in [6, 6.07) is 10.8. The van der Waals surface area contributed by atoms with Crippen molar-refractivity contribution < 1.29 is 13.5 Å². The molecule has 0 fully saturated rings. The minimum atomic E-state index is -2.39. The minimum Gasteiger partial charge on any atom is -0.375 e. The molecule has 1 atom stereocenters.